The van der Waals surface area contributed by atoms with Crippen molar-refractivity contribution in [2.75, 3.05) is 20.1 Å². The van der Waals surface area contributed by atoms with Crippen molar-refractivity contribution in [1.29, 1.82) is 0 Å². The number of rotatable bonds is 7. The van der Waals surface area contributed by atoms with Crippen molar-refractivity contribution in [2.45, 2.75) is 32.2 Å². The summed E-state index contributed by atoms with van der Waals surface area (Å²) >= 11 is 1.83. The number of aryl methyl sites for hydroxylation is 1. The Morgan fingerprint density at radius 3 is 2.91 bits per heavy atom. The van der Waals surface area contributed by atoms with Crippen LogP contribution in [0.3, 0.4) is 0 Å². The van der Waals surface area contributed by atoms with Gasteiger partial charge >= 0.3 is 0 Å². The predicted octanol–water partition coefficient (Wildman–Crippen LogP) is 3.12. The predicted molar refractivity (Wildman–Crippen MR) is 90.5 cm³/mol. The Balaban J connectivity index is 1.44. The SMILES string of the molecule is Cc1ccc(CN(C)CCNC(=O)c2cc[nH]c2C2CC2)s1. The number of carbonyl (C=O) groups is 1. The summed E-state index contributed by atoms with van der Waals surface area (Å²) < 4.78 is 0. The summed E-state index contributed by atoms with van der Waals surface area (Å²) in [5.74, 6) is 0.615. The Labute approximate surface area is 135 Å². The molecule has 1 saturated carbocycles. The molecule has 3 rings (SSSR count). The van der Waals surface area contributed by atoms with Crippen LogP contribution in [-0.4, -0.2) is 35.9 Å². The highest BCUT2D eigenvalue weighted by atomic mass is 32.1. The maximum atomic E-state index is 12.3. The van der Waals surface area contributed by atoms with Gasteiger partial charge in [-0.2, -0.15) is 0 Å². The van der Waals surface area contributed by atoms with Gasteiger partial charge < -0.3 is 10.3 Å². The van der Waals surface area contributed by atoms with Gasteiger partial charge in [0.25, 0.3) is 5.91 Å². The largest absolute Gasteiger partial charge is 0.364 e. The van der Waals surface area contributed by atoms with Gasteiger partial charge in [-0.05, 0) is 50.9 Å². The van der Waals surface area contributed by atoms with E-state index >= 15 is 0 Å². The number of likely N-dealkylation sites (N-methyl/N-ethyl adjacent to an activating group) is 1. The fraction of sp³-hybridized carbons (Fsp3) is 0.471. The summed E-state index contributed by atoms with van der Waals surface area (Å²) in [5, 5.41) is 3.03. The van der Waals surface area contributed by atoms with E-state index in [0.717, 1.165) is 24.3 Å². The first-order valence-corrected chi connectivity index (χ1v) is 8.64. The lowest BCUT2D eigenvalue weighted by molar-refractivity contribution is 0.0949. The molecule has 22 heavy (non-hydrogen) atoms. The third kappa shape index (κ3) is 3.78. The van der Waals surface area contributed by atoms with Crippen LogP contribution >= 0.6 is 11.3 Å². The van der Waals surface area contributed by atoms with Gasteiger partial charge in [0.1, 0.15) is 0 Å². The number of hydrogen-bond donors (Lipinski definition) is 2. The van der Waals surface area contributed by atoms with E-state index < -0.39 is 0 Å². The number of H-pyrrole nitrogens is 1. The van der Waals surface area contributed by atoms with Crippen molar-refractivity contribution in [2.24, 2.45) is 0 Å². The summed E-state index contributed by atoms with van der Waals surface area (Å²) in [4.78, 5) is 20.4. The summed E-state index contributed by atoms with van der Waals surface area (Å²) in [5.41, 5.74) is 1.93. The average Bonchev–Trinajstić information content (AvgIpc) is 3.06. The standard InChI is InChI=1S/C17H23N3OS/c1-12-3-6-14(22-12)11-20(2)10-9-19-17(21)15-7-8-18-16(15)13-4-5-13/h3,6-8,13,18H,4-5,9-11H2,1-2H3,(H,19,21). The maximum absolute atomic E-state index is 12.3. The minimum absolute atomic E-state index is 0.0449. The molecule has 0 atom stereocenters. The number of amides is 1. The molecule has 2 heterocycles. The van der Waals surface area contributed by atoms with Crippen LogP contribution in [0, 0.1) is 6.92 Å². The van der Waals surface area contributed by atoms with Crippen molar-refractivity contribution in [3.63, 3.8) is 0 Å². The lowest BCUT2D eigenvalue weighted by atomic mass is 10.1. The normalized spacial score (nSPS) is 14.5. The molecule has 0 aliphatic heterocycles. The third-order valence-corrected chi connectivity index (χ3v) is 5.00. The van der Waals surface area contributed by atoms with Crippen molar-refractivity contribution in [3.8, 4) is 0 Å². The molecule has 0 radical (unpaired) electrons. The number of nitrogens with one attached hydrogen (secondary N) is 2. The van der Waals surface area contributed by atoms with Gasteiger partial charge in [0.15, 0.2) is 0 Å². The Morgan fingerprint density at radius 2 is 2.23 bits per heavy atom. The molecule has 118 valence electrons. The van der Waals surface area contributed by atoms with Gasteiger partial charge in [0.2, 0.25) is 0 Å². The number of aromatic nitrogens is 1. The van der Waals surface area contributed by atoms with Crippen LogP contribution in [0.2, 0.25) is 0 Å². The number of carbonyl (C=O) groups excluding carboxylic acids is 1. The molecule has 5 heteroatoms. The summed E-state index contributed by atoms with van der Waals surface area (Å²) in [6.45, 7) is 4.59. The first-order valence-electron chi connectivity index (χ1n) is 7.83. The molecular weight excluding hydrogens is 294 g/mol. The Bertz CT molecular complexity index is 642. The molecular formula is C17H23N3OS. The second kappa shape index (κ2) is 6.67. The van der Waals surface area contributed by atoms with E-state index in [2.05, 4.69) is 41.3 Å². The minimum Gasteiger partial charge on any atom is -0.364 e. The highest BCUT2D eigenvalue weighted by molar-refractivity contribution is 7.11. The number of hydrogen-bond acceptors (Lipinski definition) is 3. The van der Waals surface area contributed by atoms with Gasteiger partial charge in [-0.25, -0.2) is 0 Å². The monoisotopic (exact) mass is 317 g/mol. The van der Waals surface area contributed by atoms with Crippen LogP contribution in [0.1, 0.15) is 44.6 Å². The molecule has 0 bridgehead atoms. The van der Waals surface area contributed by atoms with Crippen LogP contribution in [-0.2, 0) is 6.54 Å². The zero-order chi connectivity index (χ0) is 15.5. The molecule has 1 fully saturated rings. The van der Waals surface area contributed by atoms with E-state index in [9.17, 15) is 4.79 Å². The van der Waals surface area contributed by atoms with E-state index in [0.29, 0.717) is 12.5 Å². The molecule has 4 nitrogen and oxygen atoms in total. The zero-order valence-electron chi connectivity index (χ0n) is 13.2. The summed E-state index contributed by atoms with van der Waals surface area (Å²) in [6, 6.07) is 6.22. The van der Waals surface area contributed by atoms with Crippen molar-refractivity contribution in [3.05, 3.63) is 45.4 Å². The van der Waals surface area contributed by atoms with Crippen LogP contribution in [0.4, 0.5) is 0 Å². The van der Waals surface area contributed by atoms with Crippen LogP contribution in [0.25, 0.3) is 0 Å². The molecule has 2 aromatic heterocycles. The van der Waals surface area contributed by atoms with Gasteiger partial charge in [-0.15, -0.1) is 11.3 Å². The highest BCUT2D eigenvalue weighted by Crippen LogP contribution is 2.40. The smallest absolute Gasteiger partial charge is 0.253 e. The first kappa shape index (κ1) is 15.3. The Hall–Kier alpha value is -1.59. The summed E-state index contributed by atoms with van der Waals surface area (Å²) in [6.07, 6.45) is 4.27. The van der Waals surface area contributed by atoms with E-state index in [1.54, 1.807) is 0 Å². The van der Waals surface area contributed by atoms with E-state index in [1.165, 1.54) is 22.6 Å². The molecule has 0 unspecified atom stereocenters. The van der Waals surface area contributed by atoms with Crippen LogP contribution < -0.4 is 5.32 Å². The van der Waals surface area contributed by atoms with Gasteiger partial charge in [0, 0.05) is 41.3 Å². The van der Waals surface area contributed by atoms with E-state index in [1.807, 2.05) is 23.6 Å². The Kier molecular flexibility index (Phi) is 4.64. The van der Waals surface area contributed by atoms with Crippen molar-refractivity contribution < 1.29 is 4.79 Å². The van der Waals surface area contributed by atoms with E-state index in [-0.39, 0.29) is 5.91 Å². The topological polar surface area (TPSA) is 48.1 Å². The van der Waals surface area contributed by atoms with Gasteiger partial charge in [-0.3, -0.25) is 9.69 Å². The molecule has 0 aromatic carbocycles. The van der Waals surface area contributed by atoms with Gasteiger partial charge in [0.05, 0.1) is 5.56 Å². The molecule has 1 aliphatic carbocycles. The number of nitrogens with zero attached hydrogens (tertiary/aromatic N) is 1. The fourth-order valence-corrected chi connectivity index (χ4v) is 3.63. The quantitative estimate of drug-likeness (QED) is 0.824. The number of thiophene rings is 1. The molecule has 0 spiro atoms. The Morgan fingerprint density at radius 1 is 1.41 bits per heavy atom. The maximum Gasteiger partial charge on any atom is 0.253 e. The second-order valence-corrected chi connectivity index (χ2v) is 7.46. The molecule has 0 saturated heterocycles. The molecule has 2 aromatic rings. The third-order valence-electron chi connectivity index (χ3n) is 4.01. The van der Waals surface area contributed by atoms with Gasteiger partial charge in [-0.1, -0.05) is 0 Å². The molecule has 1 aliphatic rings. The second-order valence-electron chi connectivity index (χ2n) is 6.09. The zero-order valence-corrected chi connectivity index (χ0v) is 14.0. The number of aromatic amines is 1. The van der Waals surface area contributed by atoms with Crippen LogP contribution in [0.5, 0.6) is 0 Å². The summed E-state index contributed by atoms with van der Waals surface area (Å²) in [7, 11) is 2.09. The lowest BCUT2D eigenvalue weighted by Crippen LogP contribution is -2.32. The van der Waals surface area contributed by atoms with Crippen molar-refractivity contribution in [1.82, 2.24) is 15.2 Å². The molecule has 2 N–H and O–H groups in total. The lowest BCUT2D eigenvalue weighted by Gasteiger charge is -2.16. The van der Waals surface area contributed by atoms with Crippen molar-refractivity contribution >= 4 is 17.2 Å². The highest BCUT2D eigenvalue weighted by Gasteiger charge is 2.28. The fourth-order valence-electron chi connectivity index (χ4n) is 2.66. The molecule has 1 amide bonds. The average molecular weight is 317 g/mol. The van der Waals surface area contributed by atoms with E-state index in [4.69, 9.17) is 0 Å². The minimum atomic E-state index is 0.0449. The van der Waals surface area contributed by atoms with Crippen LogP contribution in [0.15, 0.2) is 24.4 Å². The first-order chi connectivity index (χ1) is 10.6.